The van der Waals surface area contributed by atoms with Crippen molar-refractivity contribution in [1.29, 1.82) is 0 Å². The number of hydrogen-bond donors (Lipinski definition) is 2. The molecule has 2 rings (SSSR count). The number of rotatable bonds is 7. The van der Waals surface area contributed by atoms with Gasteiger partial charge in [-0.2, -0.15) is 0 Å². The molecule has 0 aliphatic heterocycles. The fourth-order valence-corrected chi connectivity index (χ4v) is 2.27. The lowest BCUT2D eigenvalue weighted by Gasteiger charge is -2.07. The van der Waals surface area contributed by atoms with Crippen LogP contribution < -0.4 is 5.69 Å². The third-order valence-electron chi connectivity index (χ3n) is 3.27. The highest BCUT2D eigenvalue weighted by Crippen LogP contribution is 2.16. The first-order valence-corrected chi connectivity index (χ1v) is 7.07. The van der Waals surface area contributed by atoms with Crippen LogP contribution in [0.15, 0.2) is 23.0 Å². The van der Waals surface area contributed by atoms with Crippen LogP contribution in [-0.2, 0) is 11.3 Å². The first kappa shape index (κ1) is 15.3. The summed E-state index contributed by atoms with van der Waals surface area (Å²) in [7, 11) is 0. The number of aromatic carboxylic acids is 1. The summed E-state index contributed by atoms with van der Waals surface area (Å²) in [6.07, 6.45) is 1.87. The number of H-pyrrole nitrogens is 1. The number of carboxylic acid groups (broad SMARTS) is 1. The van der Waals surface area contributed by atoms with Crippen LogP contribution in [0.2, 0.25) is 0 Å². The molecule has 0 fully saturated rings. The standard InChI is InChI=1S/C15H20N2O4/c1-10(2)21-9-4-3-8-17-12-7-5-6-11(14(18)19)13(12)16-15(17)20/h5-7,10H,3-4,8-9H2,1-2H3,(H,16,20)(H,18,19). The third kappa shape index (κ3) is 3.52. The maximum atomic E-state index is 12.0. The summed E-state index contributed by atoms with van der Waals surface area (Å²) in [5, 5.41) is 9.13. The van der Waals surface area contributed by atoms with Gasteiger partial charge in [0.2, 0.25) is 0 Å². The Labute approximate surface area is 122 Å². The van der Waals surface area contributed by atoms with E-state index in [0.717, 1.165) is 12.8 Å². The van der Waals surface area contributed by atoms with Gasteiger partial charge in [0, 0.05) is 13.2 Å². The fraction of sp³-hybridized carbons (Fsp3) is 0.467. The number of hydrogen-bond acceptors (Lipinski definition) is 3. The second-order valence-electron chi connectivity index (χ2n) is 5.21. The summed E-state index contributed by atoms with van der Waals surface area (Å²) in [6, 6.07) is 4.89. The van der Waals surface area contributed by atoms with Crippen LogP contribution in [-0.4, -0.2) is 33.3 Å². The lowest BCUT2D eigenvalue weighted by atomic mass is 10.2. The van der Waals surface area contributed by atoms with Crippen molar-refractivity contribution in [2.45, 2.75) is 39.3 Å². The van der Waals surface area contributed by atoms with E-state index in [0.29, 0.717) is 24.2 Å². The molecule has 0 aliphatic rings. The van der Waals surface area contributed by atoms with Gasteiger partial charge in [0.25, 0.3) is 0 Å². The highest BCUT2D eigenvalue weighted by Gasteiger charge is 2.13. The molecule has 1 aromatic heterocycles. The lowest BCUT2D eigenvalue weighted by molar-refractivity contribution is 0.0698. The molecule has 0 atom stereocenters. The molecule has 0 aliphatic carbocycles. The second-order valence-corrected chi connectivity index (χ2v) is 5.21. The Morgan fingerprint density at radius 2 is 2.14 bits per heavy atom. The van der Waals surface area contributed by atoms with Crippen molar-refractivity contribution in [3.05, 3.63) is 34.2 Å². The van der Waals surface area contributed by atoms with E-state index in [2.05, 4.69) is 4.98 Å². The minimum Gasteiger partial charge on any atom is -0.478 e. The van der Waals surface area contributed by atoms with E-state index < -0.39 is 5.97 Å². The quantitative estimate of drug-likeness (QED) is 0.766. The first-order valence-electron chi connectivity index (χ1n) is 7.07. The minimum absolute atomic E-state index is 0.117. The SMILES string of the molecule is CC(C)OCCCCn1c(=O)[nH]c2c(C(=O)O)cccc21. The normalized spacial score (nSPS) is 11.4. The molecule has 0 radical (unpaired) electrons. The molecule has 2 N–H and O–H groups in total. The molecular weight excluding hydrogens is 272 g/mol. The number of ether oxygens (including phenoxy) is 1. The summed E-state index contributed by atoms with van der Waals surface area (Å²) in [5.74, 6) is -1.04. The molecule has 0 saturated carbocycles. The van der Waals surface area contributed by atoms with E-state index in [-0.39, 0.29) is 17.4 Å². The number of nitrogens with zero attached hydrogens (tertiary/aromatic N) is 1. The van der Waals surface area contributed by atoms with Crippen LogP contribution in [0.5, 0.6) is 0 Å². The molecule has 21 heavy (non-hydrogen) atoms. The van der Waals surface area contributed by atoms with Gasteiger partial charge >= 0.3 is 11.7 Å². The van der Waals surface area contributed by atoms with Gasteiger partial charge < -0.3 is 14.8 Å². The maximum absolute atomic E-state index is 12.0. The Kier molecular flexibility index (Phi) is 4.80. The summed E-state index contributed by atoms with van der Waals surface area (Å²) in [5.41, 5.74) is 0.855. The monoisotopic (exact) mass is 292 g/mol. The van der Waals surface area contributed by atoms with E-state index >= 15 is 0 Å². The Morgan fingerprint density at radius 3 is 2.81 bits per heavy atom. The van der Waals surface area contributed by atoms with Gasteiger partial charge in [-0.3, -0.25) is 4.57 Å². The average molecular weight is 292 g/mol. The summed E-state index contributed by atoms with van der Waals surface area (Å²) in [4.78, 5) is 25.8. The predicted molar refractivity (Wildman–Crippen MR) is 79.8 cm³/mol. The molecular formula is C15H20N2O4. The number of nitrogens with one attached hydrogen (secondary N) is 1. The molecule has 2 aromatic rings. The molecule has 0 saturated heterocycles. The van der Waals surface area contributed by atoms with Crippen molar-refractivity contribution >= 4 is 17.0 Å². The zero-order valence-electron chi connectivity index (χ0n) is 12.3. The molecule has 0 spiro atoms. The highest BCUT2D eigenvalue weighted by atomic mass is 16.5. The first-order chi connectivity index (χ1) is 10.0. The summed E-state index contributed by atoms with van der Waals surface area (Å²) < 4.78 is 7.04. The molecule has 6 nitrogen and oxygen atoms in total. The highest BCUT2D eigenvalue weighted by molar-refractivity contribution is 6.00. The van der Waals surface area contributed by atoms with Crippen molar-refractivity contribution in [2.24, 2.45) is 0 Å². The zero-order chi connectivity index (χ0) is 15.4. The number of carbonyl (C=O) groups is 1. The number of benzene rings is 1. The van der Waals surface area contributed by atoms with Crippen LogP contribution in [0.25, 0.3) is 11.0 Å². The van der Waals surface area contributed by atoms with Crippen LogP contribution >= 0.6 is 0 Å². The molecule has 0 amide bonds. The summed E-state index contributed by atoms with van der Waals surface area (Å²) >= 11 is 0. The van der Waals surface area contributed by atoms with E-state index in [1.807, 2.05) is 13.8 Å². The van der Waals surface area contributed by atoms with Gasteiger partial charge in [-0.05, 0) is 38.8 Å². The van der Waals surface area contributed by atoms with Crippen LogP contribution in [0, 0.1) is 0 Å². The average Bonchev–Trinajstić information content (AvgIpc) is 2.73. The Bertz CT molecular complexity index is 685. The number of aryl methyl sites for hydroxylation is 1. The van der Waals surface area contributed by atoms with E-state index in [1.165, 1.54) is 6.07 Å². The number of fused-ring (bicyclic) bond motifs is 1. The zero-order valence-corrected chi connectivity index (χ0v) is 12.3. The Balaban J connectivity index is 2.14. The summed E-state index contributed by atoms with van der Waals surface area (Å²) in [6.45, 7) is 5.17. The van der Waals surface area contributed by atoms with E-state index in [4.69, 9.17) is 9.84 Å². The van der Waals surface area contributed by atoms with Gasteiger partial charge in [0.05, 0.1) is 22.7 Å². The molecule has 114 valence electrons. The Morgan fingerprint density at radius 1 is 1.38 bits per heavy atom. The molecule has 6 heteroatoms. The van der Waals surface area contributed by atoms with Crippen LogP contribution in [0.1, 0.15) is 37.0 Å². The number of para-hydroxylation sites is 1. The van der Waals surface area contributed by atoms with Crippen LogP contribution in [0.3, 0.4) is 0 Å². The smallest absolute Gasteiger partial charge is 0.337 e. The topological polar surface area (TPSA) is 84.3 Å². The second kappa shape index (κ2) is 6.58. The number of aromatic amines is 1. The number of unbranched alkanes of at least 4 members (excludes halogenated alkanes) is 1. The molecule has 1 aromatic carbocycles. The third-order valence-corrected chi connectivity index (χ3v) is 3.27. The largest absolute Gasteiger partial charge is 0.478 e. The van der Waals surface area contributed by atoms with Crippen LogP contribution in [0.4, 0.5) is 0 Å². The molecule has 1 heterocycles. The van der Waals surface area contributed by atoms with E-state index in [1.54, 1.807) is 16.7 Å². The van der Waals surface area contributed by atoms with Gasteiger partial charge in [-0.25, -0.2) is 9.59 Å². The fourth-order valence-electron chi connectivity index (χ4n) is 2.27. The maximum Gasteiger partial charge on any atom is 0.337 e. The predicted octanol–water partition coefficient (Wildman–Crippen LogP) is 2.23. The van der Waals surface area contributed by atoms with Crippen molar-refractivity contribution in [1.82, 2.24) is 9.55 Å². The van der Waals surface area contributed by atoms with E-state index in [9.17, 15) is 9.59 Å². The lowest BCUT2D eigenvalue weighted by Crippen LogP contribution is -2.17. The van der Waals surface area contributed by atoms with Gasteiger partial charge in [-0.1, -0.05) is 6.07 Å². The number of imidazole rings is 1. The van der Waals surface area contributed by atoms with Gasteiger partial charge in [0.15, 0.2) is 0 Å². The van der Waals surface area contributed by atoms with Crippen molar-refractivity contribution < 1.29 is 14.6 Å². The van der Waals surface area contributed by atoms with Crippen molar-refractivity contribution in [2.75, 3.05) is 6.61 Å². The van der Waals surface area contributed by atoms with Crippen molar-refractivity contribution in [3.8, 4) is 0 Å². The molecule has 0 bridgehead atoms. The Hall–Kier alpha value is -2.08. The van der Waals surface area contributed by atoms with Gasteiger partial charge in [0.1, 0.15) is 0 Å². The van der Waals surface area contributed by atoms with Crippen molar-refractivity contribution in [3.63, 3.8) is 0 Å². The number of aromatic nitrogens is 2. The number of carboxylic acids is 1. The van der Waals surface area contributed by atoms with Gasteiger partial charge in [-0.15, -0.1) is 0 Å². The molecule has 0 unspecified atom stereocenters. The minimum atomic E-state index is -1.04.